The molecular weight excluding hydrogens is 204 g/mol. The fourth-order valence-corrected chi connectivity index (χ4v) is 1.08. The first-order chi connectivity index (χ1) is 6.85. The highest BCUT2D eigenvalue weighted by atomic mass is 19.3. The van der Waals surface area contributed by atoms with Gasteiger partial charge in [0.25, 0.3) is 5.91 Å². The van der Waals surface area contributed by atoms with Crippen LogP contribution < -0.4 is 5.73 Å². The topological polar surface area (TPSA) is 60.2 Å². The number of nitrogens with two attached hydrogens (primary N) is 1. The maximum Gasteiger partial charge on any atom is 0.349 e. The first-order valence-corrected chi connectivity index (χ1v) is 4.15. The zero-order valence-corrected chi connectivity index (χ0v) is 7.96. The lowest BCUT2D eigenvalue weighted by molar-refractivity contribution is -0.143. The molecule has 80 valence electrons. The van der Waals surface area contributed by atoms with E-state index in [0.717, 1.165) is 12.1 Å². The number of ketones is 1. The van der Waals surface area contributed by atoms with Crippen LogP contribution in [-0.4, -0.2) is 11.7 Å². The van der Waals surface area contributed by atoms with E-state index in [-0.39, 0.29) is 11.3 Å². The van der Waals surface area contributed by atoms with Crippen LogP contribution in [0.15, 0.2) is 24.3 Å². The molecule has 1 aromatic rings. The lowest BCUT2D eigenvalue weighted by Crippen LogP contribution is -2.33. The standard InChI is InChI=1S/C10H9F2NO2/c1-6(14)7-3-2-4-8(5-7)10(11,12)9(13)15/h2-5H,1H3,(H2,13,15). The average Bonchev–Trinajstić information content (AvgIpc) is 2.17. The summed E-state index contributed by atoms with van der Waals surface area (Å²) in [5.41, 5.74) is 4.11. The molecule has 1 aromatic carbocycles. The van der Waals surface area contributed by atoms with E-state index >= 15 is 0 Å². The van der Waals surface area contributed by atoms with Gasteiger partial charge in [-0.15, -0.1) is 0 Å². The molecular formula is C10H9F2NO2. The van der Waals surface area contributed by atoms with Gasteiger partial charge in [0, 0.05) is 11.1 Å². The van der Waals surface area contributed by atoms with Crippen LogP contribution in [0, 0.1) is 0 Å². The molecule has 1 amide bonds. The Morgan fingerprint density at radius 1 is 1.33 bits per heavy atom. The molecule has 0 aliphatic rings. The van der Waals surface area contributed by atoms with Crippen LogP contribution >= 0.6 is 0 Å². The maximum atomic E-state index is 13.1. The predicted molar refractivity (Wildman–Crippen MR) is 49.5 cm³/mol. The highest BCUT2D eigenvalue weighted by Crippen LogP contribution is 2.27. The Hall–Kier alpha value is -1.78. The Kier molecular flexibility index (Phi) is 2.83. The third kappa shape index (κ3) is 2.18. The molecule has 0 aliphatic heterocycles. The van der Waals surface area contributed by atoms with Gasteiger partial charge in [0.1, 0.15) is 0 Å². The van der Waals surface area contributed by atoms with Crippen LogP contribution in [0.1, 0.15) is 22.8 Å². The van der Waals surface area contributed by atoms with Crippen LogP contribution in [0.2, 0.25) is 0 Å². The largest absolute Gasteiger partial charge is 0.364 e. The lowest BCUT2D eigenvalue weighted by atomic mass is 10.0. The highest BCUT2D eigenvalue weighted by molar-refractivity contribution is 5.94. The van der Waals surface area contributed by atoms with E-state index in [0.29, 0.717) is 0 Å². The second kappa shape index (κ2) is 3.76. The number of Topliss-reactive ketones (excluding diaryl/α,β-unsaturated/α-hetero) is 1. The zero-order valence-electron chi connectivity index (χ0n) is 7.96. The van der Waals surface area contributed by atoms with Crippen molar-refractivity contribution in [3.05, 3.63) is 35.4 Å². The van der Waals surface area contributed by atoms with E-state index in [2.05, 4.69) is 5.73 Å². The molecule has 0 heterocycles. The number of carbonyl (C=O) groups excluding carboxylic acids is 2. The molecule has 0 saturated heterocycles. The first-order valence-electron chi connectivity index (χ1n) is 4.15. The minimum Gasteiger partial charge on any atom is -0.364 e. The Morgan fingerprint density at radius 3 is 2.40 bits per heavy atom. The molecule has 0 bridgehead atoms. The number of rotatable bonds is 3. The quantitative estimate of drug-likeness (QED) is 0.773. The summed E-state index contributed by atoms with van der Waals surface area (Å²) in [5.74, 6) is -5.83. The highest BCUT2D eigenvalue weighted by Gasteiger charge is 2.38. The normalized spacial score (nSPS) is 11.1. The summed E-state index contributed by atoms with van der Waals surface area (Å²) < 4.78 is 26.3. The Bertz CT molecular complexity index is 416. The molecule has 3 nitrogen and oxygen atoms in total. The molecule has 0 aromatic heterocycles. The van der Waals surface area contributed by atoms with E-state index in [9.17, 15) is 18.4 Å². The van der Waals surface area contributed by atoms with Crippen molar-refractivity contribution < 1.29 is 18.4 Å². The van der Waals surface area contributed by atoms with Crippen LogP contribution in [-0.2, 0) is 10.7 Å². The summed E-state index contributed by atoms with van der Waals surface area (Å²) >= 11 is 0. The first kappa shape index (κ1) is 11.3. The summed E-state index contributed by atoms with van der Waals surface area (Å²) in [4.78, 5) is 21.4. The van der Waals surface area contributed by atoms with Crippen LogP contribution in [0.25, 0.3) is 0 Å². The number of halogens is 2. The smallest absolute Gasteiger partial charge is 0.349 e. The summed E-state index contributed by atoms with van der Waals surface area (Å²) in [6.07, 6.45) is 0. The average molecular weight is 213 g/mol. The minimum atomic E-state index is -3.74. The van der Waals surface area contributed by atoms with Crippen molar-refractivity contribution in [2.75, 3.05) is 0 Å². The minimum absolute atomic E-state index is 0.119. The van der Waals surface area contributed by atoms with Gasteiger partial charge in [-0.3, -0.25) is 9.59 Å². The van der Waals surface area contributed by atoms with Gasteiger partial charge < -0.3 is 5.73 Å². The van der Waals surface area contributed by atoms with Crippen molar-refractivity contribution in [1.82, 2.24) is 0 Å². The van der Waals surface area contributed by atoms with Gasteiger partial charge in [-0.1, -0.05) is 18.2 Å². The number of amides is 1. The maximum absolute atomic E-state index is 13.1. The van der Waals surface area contributed by atoms with Crippen molar-refractivity contribution in [1.29, 1.82) is 0 Å². The van der Waals surface area contributed by atoms with Crippen LogP contribution in [0.5, 0.6) is 0 Å². The monoisotopic (exact) mass is 213 g/mol. The molecule has 5 heteroatoms. The van der Waals surface area contributed by atoms with Gasteiger partial charge in [-0.05, 0) is 13.0 Å². The number of hydrogen-bond donors (Lipinski definition) is 1. The molecule has 1 rings (SSSR count). The molecule has 0 aliphatic carbocycles. The molecule has 0 radical (unpaired) electrons. The van der Waals surface area contributed by atoms with Crippen LogP contribution in [0.3, 0.4) is 0 Å². The molecule has 0 atom stereocenters. The SMILES string of the molecule is CC(=O)c1cccc(C(F)(F)C(N)=O)c1. The van der Waals surface area contributed by atoms with Crippen molar-refractivity contribution in [2.24, 2.45) is 5.73 Å². The van der Waals surface area contributed by atoms with Gasteiger partial charge in [-0.25, -0.2) is 0 Å². The number of hydrogen-bond acceptors (Lipinski definition) is 2. The predicted octanol–water partition coefficient (Wildman–Crippen LogP) is 1.47. The van der Waals surface area contributed by atoms with Gasteiger partial charge in [0.2, 0.25) is 0 Å². The summed E-state index contributed by atoms with van der Waals surface area (Å²) in [5, 5.41) is 0. The van der Waals surface area contributed by atoms with Crippen molar-refractivity contribution >= 4 is 11.7 Å². The molecule has 0 spiro atoms. The van der Waals surface area contributed by atoms with E-state index < -0.39 is 17.4 Å². The number of carbonyl (C=O) groups is 2. The number of alkyl halides is 2. The van der Waals surface area contributed by atoms with Gasteiger partial charge in [0.15, 0.2) is 5.78 Å². The van der Waals surface area contributed by atoms with E-state index in [1.54, 1.807) is 0 Å². The second-order valence-corrected chi connectivity index (χ2v) is 3.08. The summed E-state index contributed by atoms with van der Waals surface area (Å²) in [6, 6.07) is 4.69. The summed E-state index contributed by atoms with van der Waals surface area (Å²) in [6.45, 7) is 1.25. The Labute approximate surface area is 84.9 Å². The third-order valence-corrected chi connectivity index (χ3v) is 1.94. The van der Waals surface area contributed by atoms with E-state index in [1.807, 2.05) is 0 Å². The number of benzene rings is 1. The summed E-state index contributed by atoms with van der Waals surface area (Å²) in [7, 11) is 0. The van der Waals surface area contributed by atoms with Gasteiger partial charge in [0.05, 0.1) is 0 Å². The molecule has 0 fully saturated rings. The van der Waals surface area contributed by atoms with Crippen molar-refractivity contribution in [3.8, 4) is 0 Å². The second-order valence-electron chi connectivity index (χ2n) is 3.08. The van der Waals surface area contributed by atoms with Crippen LogP contribution in [0.4, 0.5) is 8.78 Å². The fourth-order valence-electron chi connectivity index (χ4n) is 1.08. The Morgan fingerprint density at radius 2 is 1.93 bits per heavy atom. The van der Waals surface area contributed by atoms with Crippen molar-refractivity contribution in [2.45, 2.75) is 12.8 Å². The van der Waals surface area contributed by atoms with Gasteiger partial charge >= 0.3 is 5.92 Å². The molecule has 0 unspecified atom stereocenters. The zero-order chi connectivity index (χ0) is 11.6. The third-order valence-electron chi connectivity index (χ3n) is 1.94. The molecule has 0 saturated carbocycles. The van der Waals surface area contributed by atoms with Gasteiger partial charge in [-0.2, -0.15) is 8.78 Å². The van der Waals surface area contributed by atoms with E-state index in [1.165, 1.54) is 19.1 Å². The molecule has 2 N–H and O–H groups in total. The Balaban J connectivity index is 3.21. The molecule has 15 heavy (non-hydrogen) atoms. The lowest BCUT2D eigenvalue weighted by Gasteiger charge is -2.12. The van der Waals surface area contributed by atoms with Crippen molar-refractivity contribution in [3.63, 3.8) is 0 Å². The van der Waals surface area contributed by atoms with E-state index in [4.69, 9.17) is 0 Å². The number of primary amides is 1. The fraction of sp³-hybridized carbons (Fsp3) is 0.200.